The molecule has 1 aliphatic carbocycles. The molecule has 0 amide bonds. The molecule has 0 bridgehead atoms. The van der Waals surface area contributed by atoms with Crippen molar-refractivity contribution >= 4 is 50.0 Å². The number of rotatable bonds is 6. The van der Waals surface area contributed by atoms with Gasteiger partial charge in [-0.2, -0.15) is 0 Å². The highest BCUT2D eigenvalue weighted by Crippen LogP contribution is 2.50. The van der Waals surface area contributed by atoms with E-state index in [9.17, 15) is 0 Å². The lowest BCUT2D eigenvalue weighted by atomic mass is 9.94. The van der Waals surface area contributed by atoms with Crippen molar-refractivity contribution in [1.82, 2.24) is 0 Å². The number of allylic oxidation sites excluding steroid dienone is 3. The van der Waals surface area contributed by atoms with Crippen molar-refractivity contribution in [2.45, 2.75) is 40.5 Å². The smallest absolute Gasteiger partial charge is 0.0619 e. The number of hydrogen-bond acceptors (Lipinski definition) is 2. The first-order valence-corrected chi connectivity index (χ1v) is 15.6. The van der Waals surface area contributed by atoms with E-state index in [1.807, 2.05) is 0 Å². The maximum atomic E-state index is 2.49. The molecule has 216 valence electrons. The molecule has 44 heavy (non-hydrogen) atoms. The molecule has 0 fully saturated rings. The first-order chi connectivity index (χ1) is 21.5. The van der Waals surface area contributed by atoms with Crippen molar-refractivity contribution in [3.63, 3.8) is 0 Å². The zero-order valence-corrected chi connectivity index (χ0v) is 26.0. The molecule has 2 heteroatoms. The fraction of sp³-hybridized carbons (Fsp3) is 0.143. The van der Waals surface area contributed by atoms with Gasteiger partial charge in [0.2, 0.25) is 0 Å². The highest BCUT2D eigenvalue weighted by atomic mass is 15.2. The minimum absolute atomic E-state index is 1.04. The summed E-state index contributed by atoms with van der Waals surface area (Å²) in [4.78, 5) is 4.95. The molecule has 0 saturated carbocycles. The Kier molecular flexibility index (Phi) is 7.28. The maximum absolute atomic E-state index is 2.49. The third-order valence-electron chi connectivity index (χ3n) is 8.65. The summed E-state index contributed by atoms with van der Waals surface area (Å²) in [5.74, 6) is 0. The summed E-state index contributed by atoms with van der Waals surface area (Å²) in [6.07, 6.45) is 6.92. The fourth-order valence-corrected chi connectivity index (χ4v) is 6.67. The number of aryl methyl sites for hydroxylation is 3. The lowest BCUT2D eigenvalue weighted by molar-refractivity contribution is 0.934. The molecule has 2 nitrogen and oxygen atoms in total. The van der Waals surface area contributed by atoms with E-state index in [0.717, 1.165) is 24.2 Å². The molecule has 0 unspecified atom stereocenters. The lowest BCUT2D eigenvalue weighted by Gasteiger charge is -2.34. The third-order valence-corrected chi connectivity index (χ3v) is 8.65. The quantitative estimate of drug-likeness (QED) is 0.145. The zero-order chi connectivity index (χ0) is 30.2. The van der Waals surface area contributed by atoms with Crippen LogP contribution in [0.15, 0.2) is 145 Å². The summed E-state index contributed by atoms with van der Waals surface area (Å²) in [7, 11) is 0. The molecule has 0 saturated heterocycles. The van der Waals surface area contributed by atoms with Crippen molar-refractivity contribution < 1.29 is 0 Å². The second-order valence-corrected chi connectivity index (χ2v) is 12.1. The van der Waals surface area contributed by atoms with Gasteiger partial charge in [-0.15, -0.1) is 0 Å². The first-order valence-electron chi connectivity index (χ1n) is 15.6. The standard InChI is InChI=1S/C42H38N2/c1-29-13-9-17-33(25-29)43(34-18-10-14-30(2)26-34)41-37-21-5-7-23-39(37)42(40-24-8-6-22-38(40)41)44(35-19-11-15-31(3)27-35)36-20-12-16-32(4)28-36/h5-11,13-15,17-28H,12,16H2,1-4H3. The number of benzene rings is 6. The third kappa shape index (κ3) is 5.07. The van der Waals surface area contributed by atoms with Crippen LogP contribution in [0, 0.1) is 20.8 Å². The topological polar surface area (TPSA) is 6.48 Å². The number of anilines is 5. The summed E-state index contributed by atoms with van der Waals surface area (Å²) in [6, 6.07) is 44.5. The molecule has 0 atom stereocenters. The largest absolute Gasteiger partial charge is 0.310 e. The summed E-state index contributed by atoms with van der Waals surface area (Å²) in [5, 5.41) is 4.90. The minimum atomic E-state index is 1.04. The summed E-state index contributed by atoms with van der Waals surface area (Å²) in [6.45, 7) is 8.77. The van der Waals surface area contributed by atoms with E-state index in [0.29, 0.717) is 0 Å². The van der Waals surface area contributed by atoms with E-state index in [-0.39, 0.29) is 0 Å². The van der Waals surface area contributed by atoms with Gasteiger partial charge in [0, 0.05) is 44.3 Å². The molecule has 0 heterocycles. The molecule has 0 spiro atoms. The van der Waals surface area contributed by atoms with Crippen molar-refractivity contribution in [2.75, 3.05) is 9.80 Å². The van der Waals surface area contributed by atoms with Crippen molar-refractivity contribution in [2.24, 2.45) is 0 Å². The summed E-state index contributed by atoms with van der Waals surface area (Å²) in [5.41, 5.74) is 12.3. The van der Waals surface area contributed by atoms with E-state index < -0.39 is 0 Å². The molecule has 0 aliphatic heterocycles. The van der Waals surface area contributed by atoms with Gasteiger partial charge in [-0.25, -0.2) is 0 Å². The van der Waals surface area contributed by atoms with Gasteiger partial charge in [-0.05, 0) is 99.7 Å². The Morgan fingerprint density at radius 3 is 1.27 bits per heavy atom. The van der Waals surface area contributed by atoms with E-state index in [2.05, 4.69) is 171 Å². The normalized spacial score (nSPS) is 13.1. The van der Waals surface area contributed by atoms with Crippen LogP contribution in [0.2, 0.25) is 0 Å². The Morgan fingerprint density at radius 1 is 0.455 bits per heavy atom. The first kappa shape index (κ1) is 27.7. The lowest BCUT2D eigenvalue weighted by Crippen LogP contribution is -2.19. The Morgan fingerprint density at radius 2 is 0.864 bits per heavy atom. The Balaban J connectivity index is 1.61. The van der Waals surface area contributed by atoms with Gasteiger partial charge in [0.05, 0.1) is 11.4 Å². The highest BCUT2D eigenvalue weighted by Gasteiger charge is 2.26. The summed E-state index contributed by atoms with van der Waals surface area (Å²) < 4.78 is 0. The molecule has 6 aromatic rings. The zero-order valence-electron chi connectivity index (χ0n) is 26.0. The van der Waals surface area contributed by atoms with Crippen LogP contribution in [0.5, 0.6) is 0 Å². The second kappa shape index (κ2) is 11.5. The Hall–Kier alpha value is -5.08. The number of nitrogens with zero attached hydrogens (tertiary/aromatic N) is 2. The monoisotopic (exact) mass is 570 g/mol. The Bertz CT molecular complexity index is 1980. The average molecular weight is 571 g/mol. The molecular weight excluding hydrogens is 532 g/mol. The van der Waals surface area contributed by atoms with Crippen LogP contribution in [0.3, 0.4) is 0 Å². The van der Waals surface area contributed by atoms with Crippen LogP contribution in [0.4, 0.5) is 28.4 Å². The van der Waals surface area contributed by atoms with Crippen LogP contribution in [-0.2, 0) is 0 Å². The van der Waals surface area contributed by atoms with Gasteiger partial charge >= 0.3 is 0 Å². The molecule has 0 N–H and O–H groups in total. The van der Waals surface area contributed by atoms with E-state index in [1.165, 1.54) is 66.6 Å². The van der Waals surface area contributed by atoms with Crippen molar-refractivity contribution in [1.29, 1.82) is 0 Å². The predicted octanol–water partition coefficient (Wildman–Crippen LogP) is 12.2. The fourth-order valence-electron chi connectivity index (χ4n) is 6.67. The highest BCUT2D eigenvalue weighted by molar-refractivity contribution is 6.22. The minimum Gasteiger partial charge on any atom is -0.310 e. The molecule has 0 aromatic heterocycles. The molecule has 1 aliphatic rings. The molecule has 0 radical (unpaired) electrons. The van der Waals surface area contributed by atoms with Gasteiger partial charge < -0.3 is 9.80 Å². The predicted molar refractivity (Wildman–Crippen MR) is 190 cm³/mol. The summed E-state index contributed by atoms with van der Waals surface area (Å²) >= 11 is 0. The Labute approximate surface area is 261 Å². The molecule has 6 aromatic carbocycles. The number of fused-ring (bicyclic) bond motifs is 2. The van der Waals surface area contributed by atoms with E-state index in [1.54, 1.807) is 0 Å². The van der Waals surface area contributed by atoms with Crippen LogP contribution in [-0.4, -0.2) is 0 Å². The van der Waals surface area contributed by atoms with Crippen molar-refractivity contribution in [3.8, 4) is 0 Å². The second-order valence-electron chi connectivity index (χ2n) is 12.1. The van der Waals surface area contributed by atoms with E-state index >= 15 is 0 Å². The van der Waals surface area contributed by atoms with Gasteiger partial charge in [0.25, 0.3) is 0 Å². The number of hydrogen-bond donors (Lipinski definition) is 0. The SMILES string of the molecule is CC1=CC(N(c2cccc(C)c2)c2c3ccccc3c(N(c3cccc(C)c3)c3cccc(C)c3)c3ccccc23)=CCC1. The van der Waals surface area contributed by atoms with Crippen molar-refractivity contribution in [3.05, 3.63) is 161 Å². The average Bonchev–Trinajstić information content (AvgIpc) is 3.02. The van der Waals surface area contributed by atoms with Crippen LogP contribution >= 0.6 is 0 Å². The van der Waals surface area contributed by atoms with Crippen LogP contribution in [0.1, 0.15) is 36.5 Å². The van der Waals surface area contributed by atoms with Gasteiger partial charge in [0.15, 0.2) is 0 Å². The maximum Gasteiger partial charge on any atom is 0.0619 e. The molecular formula is C42H38N2. The van der Waals surface area contributed by atoms with Gasteiger partial charge in [-0.3, -0.25) is 0 Å². The van der Waals surface area contributed by atoms with Crippen LogP contribution < -0.4 is 9.80 Å². The molecule has 7 rings (SSSR count). The van der Waals surface area contributed by atoms with Crippen LogP contribution in [0.25, 0.3) is 21.5 Å². The van der Waals surface area contributed by atoms with Gasteiger partial charge in [0.1, 0.15) is 0 Å². The van der Waals surface area contributed by atoms with E-state index in [4.69, 9.17) is 0 Å². The van der Waals surface area contributed by atoms with Gasteiger partial charge in [-0.1, -0.05) is 96.6 Å².